The largest absolute Gasteiger partial charge is 0.454 e. The fourth-order valence-corrected chi connectivity index (χ4v) is 3.64. The molecule has 18 heavy (non-hydrogen) atoms. The highest BCUT2D eigenvalue weighted by Crippen LogP contribution is 2.36. The predicted molar refractivity (Wildman–Crippen MR) is 76.6 cm³/mol. The number of thiophene rings is 1. The van der Waals surface area contributed by atoms with E-state index in [0.717, 1.165) is 21.7 Å². The summed E-state index contributed by atoms with van der Waals surface area (Å²) >= 11 is 5.29. The molecule has 1 N–H and O–H groups in total. The summed E-state index contributed by atoms with van der Waals surface area (Å²) in [6, 6.07) is 8.23. The summed E-state index contributed by atoms with van der Waals surface area (Å²) in [7, 11) is 0. The van der Waals surface area contributed by atoms with Gasteiger partial charge in [-0.15, -0.1) is 11.3 Å². The molecule has 0 aliphatic carbocycles. The molecular formula is C13H12BrNO2S. The maximum absolute atomic E-state index is 5.37. The fourth-order valence-electron chi connectivity index (χ4n) is 1.92. The van der Waals surface area contributed by atoms with Gasteiger partial charge in [0.2, 0.25) is 6.79 Å². The molecular weight excluding hydrogens is 314 g/mol. The molecule has 2 aromatic rings. The average molecular weight is 326 g/mol. The van der Waals surface area contributed by atoms with Crippen molar-refractivity contribution in [1.29, 1.82) is 0 Å². The lowest BCUT2D eigenvalue weighted by Crippen LogP contribution is -2.05. The van der Waals surface area contributed by atoms with E-state index in [-0.39, 0.29) is 6.04 Å². The smallest absolute Gasteiger partial charge is 0.231 e. The summed E-state index contributed by atoms with van der Waals surface area (Å²) in [6.45, 7) is 2.45. The molecule has 0 amide bonds. The van der Waals surface area contributed by atoms with Crippen molar-refractivity contribution < 1.29 is 9.47 Å². The zero-order chi connectivity index (χ0) is 12.5. The highest BCUT2D eigenvalue weighted by atomic mass is 79.9. The Morgan fingerprint density at radius 1 is 1.28 bits per heavy atom. The standard InChI is InChI=1S/C13H12BrNO2S/c1-8(13-10(14)4-5-18-13)15-9-2-3-11-12(6-9)17-7-16-11/h2-6,8,15H,7H2,1H3. The molecule has 3 nitrogen and oxygen atoms in total. The van der Waals surface area contributed by atoms with Gasteiger partial charge >= 0.3 is 0 Å². The van der Waals surface area contributed by atoms with Crippen molar-refractivity contribution in [2.75, 3.05) is 12.1 Å². The first-order valence-electron chi connectivity index (χ1n) is 5.63. The Morgan fingerprint density at radius 3 is 2.89 bits per heavy atom. The third-order valence-corrected chi connectivity index (χ3v) is 4.85. The number of rotatable bonds is 3. The van der Waals surface area contributed by atoms with Gasteiger partial charge in [0.05, 0.1) is 6.04 Å². The van der Waals surface area contributed by atoms with Crippen LogP contribution in [-0.4, -0.2) is 6.79 Å². The van der Waals surface area contributed by atoms with Crippen molar-refractivity contribution in [3.8, 4) is 11.5 Å². The number of fused-ring (bicyclic) bond motifs is 1. The van der Waals surface area contributed by atoms with Gasteiger partial charge in [-0.2, -0.15) is 0 Å². The minimum Gasteiger partial charge on any atom is -0.454 e. The molecule has 0 fully saturated rings. The minimum atomic E-state index is 0.250. The number of nitrogens with one attached hydrogen (secondary N) is 1. The lowest BCUT2D eigenvalue weighted by molar-refractivity contribution is 0.174. The van der Waals surface area contributed by atoms with Gasteiger partial charge in [0, 0.05) is 21.1 Å². The number of halogens is 1. The van der Waals surface area contributed by atoms with E-state index in [1.807, 2.05) is 18.2 Å². The predicted octanol–water partition coefficient (Wildman–Crippen LogP) is 4.41. The van der Waals surface area contributed by atoms with Gasteiger partial charge in [0.15, 0.2) is 11.5 Å². The number of benzene rings is 1. The van der Waals surface area contributed by atoms with E-state index in [9.17, 15) is 0 Å². The molecule has 0 radical (unpaired) electrons. The minimum absolute atomic E-state index is 0.250. The lowest BCUT2D eigenvalue weighted by Gasteiger charge is -2.14. The maximum atomic E-state index is 5.37. The Hall–Kier alpha value is -1.20. The number of anilines is 1. The Morgan fingerprint density at radius 2 is 2.11 bits per heavy atom. The summed E-state index contributed by atoms with van der Waals surface area (Å²) in [5.41, 5.74) is 1.03. The molecule has 1 aliphatic rings. The van der Waals surface area contributed by atoms with Crippen LogP contribution in [0.15, 0.2) is 34.1 Å². The molecule has 1 aromatic carbocycles. The molecule has 1 aliphatic heterocycles. The van der Waals surface area contributed by atoms with Gasteiger partial charge < -0.3 is 14.8 Å². The topological polar surface area (TPSA) is 30.5 Å². The van der Waals surface area contributed by atoms with Crippen LogP contribution in [-0.2, 0) is 0 Å². The van der Waals surface area contributed by atoms with Crippen LogP contribution in [0, 0.1) is 0 Å². The Bertz CT molecular complexity index is 570. The number of ether oxygens (including phenoxy) is 2. The fraction of sp³-hybridized carbons (Fsp3) is 0.231. The molecule has 1 aromatic heterocycles. The van der Waals surface area contributed by atoms with Crippen molar-refractivity contribution in [2.24, 2.45) is 0 Å². The molecule has 1 unspecified atom stereocenters. The van der Waals surface area contributed by atoms with E-state index < -0.39 is 0 Å². The Kier molecular flexibility index (Phi) is 3.18. The van der Waals surface area contributed by atoms with Crippen LogP contribution >= 0.6 is 27.3 Å². The molecule has 1 atom stereocenters. The van der Waals surface area contributed by atoms with Crippen LogP contribution < -0.4 is 14.8 Å². The average Bonchev–Trinajstić information content (AvgIpc) is 2.96. The van der Waals surface area contributed by atoms with E-state index in [4.69, 9.17) is 9.47 Å². The van der Waals surface area contributed by atoms with E-state index in [0.29, 0.717) is 6.79 Å². The van der Waals surface area contributed by atoms with E-state index in [1.165, 1.54) is 4.88 Å². The van der Waals surface area contributed by atoms with Crippen molar-refractivity contribution in [1.82, 2.24) is 0 Å². The summed E-state index contributed by atoms with van der Waals surface area (Å²) < 4.78 is 11.8. The second kappa shape index (κ2) is 4.82. The molecule has 2 heterocycles. The Balaban J connectivity index is 1.79. The van der Waals surface area contributed by atoms with Crippen LogP contribution in [0.25, 0.3) is 0 Å². The number of hydrogen-bond acceptors (Lipinski definition) is 4. The zero-order valence-corrected chi connectivity index (χ0v) is 12.2. The molecule has 0 saturated carbocycles. The highest BCUT2D eigenvalue weighted by Gasteiger charge is 2.15. The summed E-state index contributed by atoms with van der Waals surface area (Å²) in [4.78, 5) is 1.28. The molecule has 3 rings (SSSR count). The Labute approximate surface area is 118 Å². The summed E-state index contributed by atoms with van der Waals surface area (Å²) in [5, 5.41) is 5.54. The molecule has 0 bridgehead atoms. The first kappa shape index (κ1) is 11.9. The van der Waals surface area contributed by atoms with Crippen molar-refractivity contribution >= 4 is 33.0 Å². The van der Waals surface area contributed by atoms with Crippen LogP contribution in [0.1, 0.15) is 17.8 Å². The number of hydrogen-bond donors (Lipinski definition) is 1. The summed E-state index contributed by atoms with van der Waals surface area (Å²) in [6.07, 6.45) is 0. The molecule has 5 heteroatoms. The lowest BCUT2D eigenvalue weighted by atomic mass is 10.2. The molecule has 0 spiro atoms. The monoisotopic (exact) mass is 325 g/mol. The van der Waals surface area contributed by atoms with Crippen molar-refractivity contribution in [2.45, 2.75) is 13.0 Å². The van der Waals surface area contributed by atoms with Gasteiger partial charge in [-0.05, 0) is 46.4 Å². The van der Waals surface area contributed by atoms with E-state index >= 15 is 0 Å². The highest BCUT2D eigenvalue weighted by molar-refractivity contribution is 9.10. The first-order valence-corrected chi connectivity index (χ1v) is 7.30. The van der Waals surface area contributed by atoms with Gasteiger partial charge in [-0.1, -0.05) is 0 Å². The maximum Gasteiger partial charge on any atom is 0.231 e. The summed E-state index contributed by atoms with van der Waals surface area (Å²) in [5.74, 6) is 1.61. The van der Waals surface area contributed by atoms with Crippen LogP contribution in [0.3, 0.4) is 0 Å². The van der Waals surface area contributed by atoms with Gasteiger partial charge in [-0.25, -0.2) is 0 Å². The molecule has 94 valence electrons. The third kappa shape index (κ3) is 2.20. The van der Waals surface area contributed by atoms with E-state index in [2.05, 4.69) is 39.6 Å². The van der Waals surface area contributed by atoms with E-state index in [1.54, 1.807) is 11.3 Å². The zero-order valence-electron chi connectivity index (χ0n) is 9.77. The van der Waals surface area contributed by atoms with Gasteiger partial charge in [0.25, 0.3) is 0 Å². The quantitative estimate of drug-likeness (QED) is 0.906. The van der Waals surface area contributed by atoms with Gasteiger partial charge in [0.1, 0.15) is 0 Å². The SMILES string of the molecule is CC(Nc1ccc2c(c1)OCO2)c1sccc1Br. The second-order valence-corrected chi connectivity index (χ2v) is 5.87. The van der Waals surface area contributed by atoms with Crippen molar-refractivity contribution in [3.05, 3.63) is 39.0 Å². The van der Waals surface area contributed by atoms with Gasteiger partial charge in [-0.3, -0.25) is 0 Å². The normalized spacial score (nSPS) is 14.6. The van der Waals surface area contributed by atoms with Crippen molar-refractivity contribution in [3.63, 3.8) is 0 Å². The van der Waals surface area contributed by atoms with Crippen LogP contribution in [0.5, 0.6) is 11.5 Å². The third-order valence-electron chi connectivity index (χ3n) is 2.79. The molecule has 0 saturated heterocycles. The van der Waals surface area contributed by atoms with Crippen LogP contribution in [0.4, 0.5) is 5.69 Å². The second-order valence-electron chi connectivity index (χ2n) is 4.07. The first-order chi connectivity index (χ1) is 8.74. The van der Waals surface area contributed by atoms with Crippen LogP contribution in [0.2, 0.25) is 0 Å².